The summed E-state index contributed by atoms with van der Waals surface area (Å²) in [7, 11) is 7.44. The molecule has 1 atom stereocenters. The predicted octanol–water partition coefficient (Wildman–Crippen LogP) is 2.77. The van der Waals surface area contributed by atoms with E-state index in [1.54, 1.807) is 12.1 Å². The average molecular weight is 399 g/mol. The van der Waals surface area contributed by atoms with Gasteiger partial charge >= 0.3 is 11.9 Å². The largest absolute Gasteiger partial charge is 0.493 e. The zero-order valence-electron chi connectivity index (χ0n) is 17.2. The Balaban J connectivity index is 2.36. The smallest absolute Gasteiger partial charge is 0.326 e. The predicted molar refractivity (Wildman–Crippen MR) is 107 cm³/mol. The fourth-order valence-corrected chi connectivity index (χ4v) is 4.29. The molecule has 0 saturated heterocycles. The minimum Gasteiger partial charge on any atom is -0.493 e. The van der Waals surface area contributed by atoms with Crippen molar-refractivity contribution in [3.8, 4) is 11.5 Å². The number of methoxy groups -OCH3 is 4. The molecule has 0 bridgehead atoms. The third-order valence-corrected chi connectivity index (χ3v) is 5.52. The molecule has 7 heteroatoms. The van der Waals surface area contributed by atoms with Gasteiger partial charge in [-0.25, -0.2) is 0 Å². The Hall–Kier alpha value is -3.22. The summed E-state index contributed by atoms with van der Waals surface area (Å²) < 4.78 is 21.3. The fraction of sp³-hybridized carbons (Fsp3) is 0.364. The lowest BCUT2D eigenvalue weighted by atomic mass is 9.68. The third kappa shape index (κ3) is 3.06. The Bertz CT molecular complexity index is 909. The van der Waals surface area contributed by atoms with E-state index in [1.165, 1.54) is 28.4 Å². The minimum atomic E-state index is -1.62. The van der Waals surface area contributed by atoms with Crippen molar-refractivity contribution >= 4 is 17.6 Å². The number of hydrogen-bond donors (Lipinski definition) is 0. The summed E-state index contributed by atoms with van der Waals surface area (Å²) in [4.78, 5) is 28.2. The molecular weight excluding hydrogens is 374 g/mol. The SMILES string of the molecule is COC(=O)C1(C(=O)OC)Cc2ccccc2N(C)C1c1cccc(OC)c1OC. The number of carbonyl (C=O) groups is 2. The van der Waals surface area contributed by atoms with Crippen LogP contribution >= 0.6 is 0 Å². The van der Waals surface area contributed by atoms with E-state index in [-0.39, 0.29) is 6.42 Å². The van der Waals surface area contributed by atoms with Crippen LogP contribution in [0.25, 0.3) is 0 Å². The van der Waals surface area contributed by atoms with Crippen molar-refractivity contribution in [1.29, 1.82) is 0 Å². The highest BCUT2D eigenvalue weighted by molar-refractivity contribution is 6.03. The number of nitrogens with zero attached hydrogens (tertiary/aromatic N) is 1. The van der Waals surface area contributed by atoms with Crippen LogP contribution in [0, 0.1) is 5.41 Å². The molecule has 1 heterocycles. The Kier molecular flexibility index (Phi) is 5.68. The maximum atomic E-state index is 13.2. The van der Waals surface area contributed by atoms with Gasteiger partial charge in [-0.05, 0) is 17.7 Å². The molecule has 0 aliphatic carbocycles. The molecule has 0 spiro atoms. The average Bonchev–Trinajstić information content (AvgIpc) is 2.77. The number of carbonyl (C=O) groups excluding carboxylic acids is 2. The van der Waals surface area contributed by atoms with Crippen molar-refractivity contribution in [1.82, 2.24) is 0 Å². The van der Waals surface area contributed by atoms with Crippen LogP contribution in [0.2, 0.25) is 0 Å². The van der Waals surface area contributed by atoms with E-state index < -0.39 is 23.4 Å². The lowest BCUT2D eigenvalue weighted by Gasteiger charge is -2.46. The summed E-state index contributed by atoms with van der Waals surface area (Å²) in [5, 5.41) is 0. The van der Waals surface area contributed by atoms with Crippen LogP contribution in [0.5, 0.6) is 11.5 Å². The maximum Gasteiger partial charge on any atom is 0.326 e. The molecule has 29 heavy (non-hydrogen) atoms. The third-order valence-electron chi connectivity index (χ3n) is 5.52. The summed E-state index contributed by atoms with van der Waals surface area (Å²) in [5.74, 6) is -0.384. The molecule has 0 saturated carbocycles. The second kappa shape index (κ2) is 8.03. The number of hydrogen-bond acceptors (Lipinski definition) is 7. The first kappa shape index (κ1) is 20.5. The van der Waals surface area contributed by atoms with E-state index in [9.17, 15) is 9.59 Å². The van der Waals surface area contributed by atoms with Crippen LogP contribution in [0.3, 0.4) is 0 Å². The van der Waals surface area contributed by atoms with E-state index in [1.807, 2.05) is 42.3 Å². The zero-order valence-corrected chi connectivity index (χ0v) is 17.2. The van der Waals surface area contributed by atoms with Crippen LogP contribution in [0.1, 0.15) is 17.2 Å². The maximum absolute atomic E-state index is 13.2. The van der Waals surface area contributed by atoms with Gasteiger partial charge in [0.2, 0.25) is 0 Å². The molecule has 0 fully saturated rings. The summed E-state index contributed by atoms with van der Waals surface area (Å²) in [5.41, 5.74) is 0.765. The number of benzene rings is 2. The quantitative estimate of drug-likeness (QED) is 0.565. The van der Waals surface area contributed by atoms with Crippen LogP contribution in [0.15, 0.2) is 42.5 Å². The van der Waals surface area contributed by atoms with Gasteiger partial charge in [-0.2, -0.15) is 0 Å². The van der Waals surface area contributed by atoms with Crippen molar-refractivity contribution in [2.45, 2.75) is 12.5 Å². The Labute approximate surface area is 170 Å². The Morgan fingerprint density at radius 3 is 2.17 bits per heavy atom. The number of ether oxygens (including phenoxy) is 4. The molecule has 2 aromatic carbocycles. The molecule has 1 unspecified atom stereocenters. The molecule has 0 aromatic heterocycles. The highest BCUT2D eigenvalue weighted by Crippen LogP contribution is 2.53. The van der Waals surface area contributed by atoms with Gasteiger partial charge < -0.3 is 23.8 Å². The number of anilines is 1. The lowest BCUT2D eigenvalue weighted by Crippen LogP contribution is -2.55. The molecule has 0 radical (unpaired) electrons. The number of rotatable bonds is 5. The van der Waals surface area contributed by atoms with Crippen molar-refractivity contribution < 1.29 is 28.5 Å². The van der Waals surface area contributed by atoms with Gasteiger partial charge in [0.15, 0.2) is 16.9 Å². The standard InChI is InChI=1S/C22H25NO6/c1-23-16-11-7-6-9-14(16)13-22(20(24)28-4,21(25)29-5)19(23)15-10-8-12-17(26-2)18(15)27-3/h6-12,19H,13H2,1-5H3. The van der Waals surface area contributed by atoms with E-state index in [2.05, 4.69) is 0 Å². The van der Waals surface area contributed by atoms with Crippen molar-refractivity contribution in [2.24, 2.45) is 5.41 Å². The van der Waals surface area contributed by atoms with Gasteiger partial charge in [0.1, 0.15) is 0 Å². The molecule has 154 valence electrons. The van der Waals surface area contributed by atoms with E-state index in [0.29, 0.717) is 17.1 Å². The molecule has 7 nitrogen and oxygen atoms in total. The van der Waals surface area contributed by atoms with Crippen LogP contribution in [-0.4, -0.2) is 47.4 Å². The van der Waals surface area contributed by atoms with Gasteiger partial charge in [-0.1, -0.05) is 30.3 Å². The summed E-state index contributed by atoms with van der Waals surface area (Å²) in [6, 6.07) is 12.3. The normalized spacial score (nSPS) is 17.1. The molecule has 2 aromatic rings. The van der Waals surface area contributed by atoms with Gasteiger partial charge in [0.05, 0.1) is 34.5 Å². The highest BCUT2D eigenvalue weighted by atomic mass is 16.5. The lowest BCUT2D eigenvalue weighted by molar-refractivity contribution is -0.171. The zero-order chi connectivity index (χ0) is 21.2. The Morgan fingerprint density at radius 2 is 1.59 bits per heavy atom. The molecular formula is C22H25NO6. The van der Waals surface area contributed by atoms with Crippen LogP contribution in [0.4, 0.5) is 5.69 Å². The topological polar surface area (TPSA) is 74.3 Å². The van der Waals surface area contributed by atoms with Gasteiger partial charge in [0.25, 0.3) is 0 Å². The van der Waals surface area contributed by atoms with Crippen molar-refractivity contribution in [2.75, 3.05) is 40.4 Å². The van der Waals surface area contributed by atoms with Crippen molar-refractivity contribution in [3.05, 3.63) is 53.6 Å². The molecule has 0 amide bonds. The van der Waals surface area contributed by atoms with Gasteiger partial charge in [-0.3, -0.25) is 9.59 Å². The first-order chi connectivity index (χ1) is 14.0. The molecule has 0 N–H and O–H groups in total. The second-order valence-corrected chi connectivity index (χ2v) is 6.86. The first-order valence-corrected chi connectivity index (χ1v) is 9.14. The van der Waals surface area contributed by atoms with E-state index in [0.717, 1.165) is 11.3 Å². The van der Waals surface area contributed by atoms with E-state index >= 15 is 0 Å². The van der Waals surface area contributed by atoms with Gasteiger partial charge in [-0.15, -0.1) is 0 Å². The minimum absolute atomic E-state index is 0.137. The second-order valence-electron chi connectivity index (χ2n) is 6.86. The van der Waals surface area contributed by atoms with Gasteiger partial charge in [0, 0.05) is 24.7 Å². The number of para-hydroxylation sites is 2. The monoisotopic (exact) mass is 399 g/mol. The van der Waals surface area contributed by atoms with Crippen LogP contribution in [-0.2, 0) is 25.5 Å². The first-order valence-electron chi connectivity index (χ1n) is 9.14. The molecule has 3 rings (SSSR count). The summed E-state index contributed by atoms with van der Waals surface area (Å²) in [6.07, 6.45) is 0.137. The fourth-order valence-electron chi connectivity index (χ4n) is 4.29. The van der Waals surface area contributed by atoms with E-state index in [4.69, 9.17) is 18.9 Å². The highest BCUT2D eigenvalue weighted by Gasteiger charge is 2.60. The number of fused-ring (bicyclic) bond motifs is 1. The Morgan fingerprint density at radius 1 is 0.931 bits per heavy atom. The van der Waals surface area contributed by atoms with Crippen LogP contribution < -0.4 is 14.4 Å². The molecule has 1 aliphatic rings. The van der Waals surface area contributed by atoms with Crippen molar-refractivity contribution in [3.63, 3.8) is 0 Å². The number of esters is 2. The summed E-state index contributed by atoms with van der Waals surface area (Å²) in [6.45, 7) is 0. The molecule has 1 aliphatic heterocycles. The summed E-state index contributed by atoms with van der Waals surface area (Å²) >= 11 is 0.